The summed E-state index contributed by atoms with van der Waals surface area (Å²) in [5.41, 5.74) is 3.91. The van der Waals surface area contributed by atoms with Gasteiger partial charge < -0.3 is 38.9 Å². The molecule has 0 saturated heterocycles. The van der Waals surface area contributed by atoms with Crippen molar-refractivity contribution in [2.45, 2.75) is 82.3 Å². The zero-order valence-corrected chi connectivity index (χ0v) is 33.5. The Bertz CT molecular complexity index is 1900. The van der Waals surface area contributed by atoms with Crippen molar-refractivity contribution in [2.75, 3.05) is 33.5 Å². The van der Waals surface area contributed by atoms with Crippen LogP contribution in [-0.4, -0.2) is 72.2 Å². The number of ether oxygens (including phenoxy) is 4. The van der Waals surface area contributed by atoms with Crippen molar-refractivity contribution in [3.8, 4) is 11.5 Å². The van der Waals surface area contributed by atoms with E-state index in [4.69, 9.17) is 28.9 Å². The average Bonchev–Trinajstić information content (AvgIpc) is 3.24. The van der Waals surface area contributed by atoms with Gasteiger partial charge in [0.1, 0.15) is 36.6 Å². The number of allylic oxidation sites excluding steroid dienone is 1. The summed E-state index contributed by atoms with van der Waals surface area (Å²) in [7, 11) is 1.70. The van der Waals surface area contributed by atoms with E-state index in [0.717, 1.165) is 42.4 Å². The third-order valence-electron chi connectivity index (χ3n) is 11.5. The van der Waals surface area contributed by atoms with Gasteiger partial charge in [-0.15, -0.1) is 13.2 Å². The highest BCUT2D eigenvalue weighted by Gasteiger charge is 2.65. The van der Waals surface area contributed by atoms with Gasteiger partial charge in [-0.1, -0.05) is 84.8 Å². The molecule has 0 spiro atoms. The molecule has 0 aromatic heterocycles. The molecule has 310 valence electrons. The van der Waals surface area contributed by atoms with Crippen LogP contribution in [0.1, 0.15) is 74.0 Å². The molecule has 1 aliphatic heterocycles. The van der Waals surface area contributed by atoms with Crippen LogP contribution in [0.15, 0.2) is 115 Å². The standard InChI is InChI=1S/C47H57FN2O8/c1-4-6-27-54-46(53)50(3)43-30-41(49-57-31-33-16-8-7-9-17-33)38-28-34(18-12-14-24-51)37(20-13-15-25-52)44-39-29-36(55-32-35-19-10-11-21-40(35)48)22-23-42(39)58-47(43,45(38)44)56-26-5-2/h4-5,7-11,16-17,19,21-23,28-29,34,37,43-45,51-52H,1-2,6,12-15,18,20,24-27,30-32H2,3H3. The molecule has 0 bridgehead atoms. The van der Waals surface area contributed by atoms with Gasteiger partial charge in [0.25, 0.3) is 0 Å². The number of benzene rings is 3. The van der Waals surface area contributed by atoms with Crippen molar-refractivity contribution >= 4 is 11.8 Å². The number of oxime groups is 1. The van der Waals surface area contributed by atoms with Crippen molar-refractivity contribution in [2.24, 2.45) is 22.9 Å². The second kappa shape index (κ2) is 20.6. The van der Waals surface area contributed by atoms with E-state index < -0.39 is 23.8 Å². The number of aliphatic hydroxyl groups is 2. The number of nitrogens with zero attached hydrogens (tertiary/aromatic N) is 2. The fraction of sp³-hybridized carbons (Fsp3) is 0.447. The molecule has 6 atom stereocenters. The maximum atomic E-state index is 14.7. The Morgan fingerprint density at radius 1 is 0.983 bits per heavy atom. The Kier molecular flexibility index (Phi) is 15.2. The molecule has 2 aliphatic carbocycles. The van der Waals surface area contributed by atoms with E-state index in [1.165, 1.54) is 6.07 Å². The predicted molar refractivity (Wildman–Crippen MR) is 221 cm³/mol. The lowest BCUT2D eigenvalue weighted by Gasteiger charge is -2.59. The van der Waals surface area contributed by atoms with E-state index in [-0.39, 0.29) is 69.6 Å². The Balaban J connectivity index is 1.52. The quantitative estimate of drug-likeness (QED) is 0.0624. The number of amides is 1. The fourth-order valence-electron chi connectivity index (χ4n) is 8.81. The largest absolute Gasteiger partial charge is 0.489 e. The number of carbonyl (C=O) groups is 1. The first kappa shape index (κ1) is 42.6. The third kappa shape index (κ3) is 9.65. The van der Waals surface area contributed by atoms with Crippen LogP contribution in [0.4, 0.5) is 9.18 Å². The normalized spacial score (nSPS) is 23.8. The lowest BCUT2D eigenvalue weighted by molar-refractivity contribution is -0.253. The van der Waals surface area contributed by atoms with Crippen molar-refractivity contribution in [1.29, 1.82) is 0 Å². The molecule has 2 N–H and O–H groups in total. The van der Waals surface area contributed by atoms with Crippen LogP contribution in [-0.2, 0) is 27.5 Å². The molecule has 6 rings (SSSR count). The van der Waals surface area contributed by atoms with Crippen molar-refractivity contribution < 1.29 is 43.2 Å². The van der Waals surface area contributed by atoms with Gasteiger partial charge in [-0.05, 0) is 79.3 Å². The smallest absolute Gasteiger partial charge is 0.409 e. The lowest BCUT2D eigenvalue weighted by Crippen LogP contribution is -2.69. The summed E-state index contributed by atoms with van der Waals surface area (Å²) in [6.07, 6.45) is 10.4. The summed E-state index contributed by atoms with van der Waals surface area (Å²) in [5.74, 6) is -1.25. The number of hydrogen-bond donors (Lipinski definition) is 2. The summed E-state index contributed by atoms with van der Waals surface area (Å²) >= 11 is 0. The zero-order valence-electron chi connectivity index (χ0n) is 33.5. The first-order valence-electron chi connectivity index (χ1n) is 20.5. The molecular weight excluding hydrogens is 740 g/mol. The van der Waals surface area contributed by atoms with Gasteiger partial charge in [-0.25, -0.2) is 9.18 Å². The second-order valence-electron chi connectivity index (χ2n) is 15.2. The number of hydrogen-bond acceptors (Lipinski definition) is 9. The van der Waals surface area contributed by atoms with Crippen LogP contribution in [0, 0.1) is 23.6 Å². The number of halogens is 1. The molecular formula is C47H57FN2O8. The predicted octanol–water partition coefficient (Wildman–Crippen LogP) is 8.88. The van der Waals surface area contributed by atoms with Gasteiger partial charge in [-0.2, -0.15) is 0 Å². The number of likely N-dealkylation sites (N-methyl/N-ethyl adjacent to an activating group) is 1. The SMILES string of the molecule is C=CCCOC(=O)N(C)C1CC(=NOCc2ccccc2)C2=CC(CCCCO)C(CCCCO)C3c4cc(OCc5ccccc5F)ccc4OC1(OCC=C)C23. The molecule has 0 radical (unpaired) electrons. The van der Waals surface area contributed by atoms with Gasteiger partial charge in [0.05, 0.1) is 24.8 Å². The number of aliphatic hydroxyl groups excluding tert-OH is 2. The fourth-order valence-corrected chi connectivity index (χ4v) is 8.81. The van der Waals surface area contributed by atoms with E-state index in [2.05, 4.69) is 19.2 Å². The number of rotatable bonds is 21. The van der Waals surface area contributed by atoms with Gasteiger partial charge in [0.15, 0.2) is 0 Å². The minimum absolute atomic E-state index is 0.0326. The zero-order chi connectivity index (χ0) is 40.9. The highest BCUT2D eigenvalue weighted by atomic mass is 19.1. The summed E-state index contributed by atoms with van der Waals surface area (Å²) in [6.45, 7) is 8.51. The van der Waals surface area contributed by atoms with Crippen molar-refractivity contribution in [3.05, 3.63) is 132 Å². The van der Waals surface area contributed by atoms with E-state index in [1.807, 2.05) is 48.5 Å². The Morgan fingerprint density at radius 2 is 1.74 bits per heavy atom. The Morgan fingerprint density at radius 3 is 2.48 bits per heavy atom. The van der Waals surface area contributed by atoms with E-state index in [9.17, 15) is 19.4 Å². The third-order valence-corrected chi connectivity index (χ3v) is 11.5. The Labute approximate surface area is 341 Å². The first-order valence-corrected chi connectivity index (χ1v) is 20.5. The molecule has 3 aromatic carbocycles. The monoisotopic (exact) mass is 796 g/mol. The van der Waals surface area contributed by atoms with Crippen LogP contribution in [0.5, 0.6) is 11.5 Å². The van der Waals surface area contributed by atoms with E-state index in [1.54, 1.807) is 42.3 Å². The van der Waals surface area contributed by atoms with Crippen LogP contribution < -0.4 is 9.47 Å². The van der Waals surface area contributed by atoms with Gasteiger partial charge in [0.2, 0.25) is 5.79 Å². The van der Waals surface area contributed by atoms with E-state index in [0.29, 0.717) is 42.0 Å². The Hall–Kier alpha value is -4.97. The lowest BCUT2D eigenvalue weighted by atomic mass is 9.55. The van der Waals surface area contributed by atoms with Gasteiger partial charge in [0, 0.05) is 43.7 Å². The molecule has 6 unspecified atom stereocenters. The number of fused-ring (bicyclic) bond motifs is 2. The summed E-state index contributed by atoms with van der Waals surface area (Å²) in [4.78, 5) is 21.5. The molecule has 1 saturated carbocycles. The second-order valence-corrected chi connectivity index (χ2v) is 15.2. The van der Waals surface area contributed by atoms with Gasteiger partial charge >= 0.3 is 6.09 Å². The molecule has 3 aliphatic rings. The van der Waals surface area contributed by atoms with E-state index >= 15 is 0 Å². The number of carbonyl (C=O) groups excluding carboxylic acids is 1. The number of unbranched alkanes of at least 4 members (excludes halogenated alkanes) is 2. The maximum absolute atomic E-state index is 14.7. The molecule has 1 amide bonds. The molecule has 1 heterocycles. The van der Waals surface area contributed by atoms with Crippen molar-refractivity contribution in [3.63, 3.8) is 0 Å². The summed E-state index contributed by atoms with van der Waals surface area (Å²) < 4.78 is 40.8. The molecule has 3 aromatic rings. The molecule has 11 heteroatoms. The summed E-state index contributed by atoms with van der Waals surface area (Å²) in [6, 6.07) is 21.3. The van der Waals surface area contributed by atoms with Crippen LogP contribution >= 0.6 is 0 Å². The molecule has 10 nitrogen and oxygen atoms in total. The summed E-state index contributed by atoms with van der Waals surface area (Å²) in [5, 5.41) is 24.6. The van der Waals surface area contributed by atoms with Crippen LogP contribution in [0.3, 0.4) is 0 Å². The van der Waals surface area contributed by atoms with Crippen LogP contribution in [0.2, 0.25) is 0 Å². The van der Waals surface area contributed by atoms with Crippen LogP contribution in [0.25, 0.3) is 0 Å². The molecule has 58 heavy (non-hydrogen) atoms. The highest BCUT2D eigenvalue weighted by Crippen LogP contribution is 2.61. The highest BCUT2D eigenvalue weighted by molar-refractivity contribution is 6.02. The minimum atomic E-state index is -1.41. The van der Waals surface area contributed by atoms with Crippen molar-refractivity contribution in [1.82, 2.24) is 4.90 Å². The maximum Gasteiger partial charge on any atom is 0.409 e. The topological polar surface area (TPSA) is 119 Å². The molecule has 1 fully saturated rings. The minimum Gasteiger partial charge on any atom is -0.489 e. The first-order chi connectivity index (χ1) is 28.3. The average molecular weight is 797 g/mol. The van der Waals surface area contributed by atoms with Gasteiger partial charge in [-0.3, -0.25) is 0 Å².